The van der Waals surface area contributed by atoms with Crippen molar-refractivity contribution in [2.75, 3.05) is 20.3 Å². The number of methoxy groups -OCH3 is 1. The normalized spacial score (nSPS) is 20.4. The molecule has 5 rings (SSSR count). The molecule has 0 amide bonds. The van der Waals surface area contributed by atoms with Crippen LogP contribution in [0.15, 0.2) is 23.1 Å². The van der Waals surface area contributed by atoms with E-state index >= 15 is 0 Å². The highest BCUT2D eigenvalue weighted by Crippen LogP contribution is 2.49. The monoisotopic (exact) mass is 409 g/mol. The second-order valence-electron chi connectivity index (χ2n) is 9.43. The fraction of sp³-hybridized carbons (Fsp3) is 0.560. The van der Waals surface area contributed by atoms with Gasteiger partial charge in [-0.2, -0.15) is 0 Å². The molecule has 5 nitrogen and oxygen atoms in total. The first kappa shape index (κ1) is 19.7. The molecule has 3 aliphatic rings. The van der Waals surface area contributed by atoms with Crippen LogP contribution in [0, 0.1) is 12.8 Å². The lowest BCUT2D eigenvalue weighted by Crippen LogP contribution is -2.27. The SMILES string of the molecule is COC1(CCOc2cc3c(c4c2OCC4)-c2cc(=O)c(C)cn2C(C(C)C)C3)CC1. The topological polar surface area (TPSA) is 49.7 Å². The smallest absolute Gasteiger partial charge is 0.185 e. The summed E-state index contributed by atoms with van der Waals surface area (Å²) in [5.41, 5.74) is 5.58. The van der Waals surface area contributed by atoms with Gasteiger partial charge in [0.05, 0.1) is 24.5 Å². The molecule has 30 heavy (non-hydrogen) atoms. The van der Waals surface area contributed by atoms with Gasteiger partial charge in [0.25, 0.3) is 0 Å². The first-order valence-corrected chi connectivity index (χ1v) is 11.1. The fourth-order valence-corrected chi connectivity index (χ4v) is 5.04. The summed E-state index contributed by atoms with van der Waals surface area (Å²) in [5.74, 6) is 2.17. The quantitative estimate of drug-likeness (QED) is 0.707. The van der Waals surface area contributed by atoms with E-state index in [-0.39, 0.29) is 11.0 Å². The van der Waals surface area contributed by atoms with Gasteiger partial charge in [-0.3, -0.25) is 4.79 Å². The minimum Gasteiger partial charge on any atom is -0.490 e. The number of hydrogen-bond acceptors (Lipinski definition) is 4. The van der Waals surface area contributed by atoms with Crippen molar-refractivity contribution in [1.82, 2.24) is 4.57 Å². The minimum absolute atomic E-state index is 0.0267. The van der Waals surface area contributed by atoms with Crippen LogP contribution in [-0.4, -0.2) is 30.5 Å². The van der Waals surface area contributed by atoms with E-state index < -0.39 is 0 Å². The van der Waals surface area contributed by atoms with Gasteiger partial charge in [-0.25, -0.2) is 0 Å². The molecule has 1 aromatic carbocycles. The summed E-state index contributed by atoms with van der Waals surface area (Å²) in [5, 5.41) is 0. The first-order valence-electron chi connectivity index (χ1n) is 11.1. The largest absolute Gasteiger partial charge is 0.490 e. The van der Waals surface area contributed by atoms with E-state index in [1.54, 1.807) is 7.11 Å². The Morgan fingerprint density at radius 3 is 2.80 bits per heavy atom. The van der Waals surface area contributed by atoms with Crippen LogP contribution < -0.4 is 14.9 Å². The van der Waals surface area contributed by atoms with Gasteiger partial charge >= 0.3 is 0 Å². The van der Waals surface area contributed by atoms with Crippen molar-refractivity contribution in [3.05, 3.63) is 45.2 Å². The fourth-order valence-electron chi connectivity index (χ4n) is 5.04. The maximum atomic E-state index is 12.5. The summed E-state index contributed by atoms with van der Waals surface area (Å²) < 4.78 is 20.2. The number of fused-ring (bicyclic) bond motifs is 5. The van der Waals surface area contributed by atoms with Gasteiger partial charge in [-0.05, 0) is 43.7 Å². The Morgan fingerprint density at radius 1 is 1.30 bits per heavy atom. The number of rotatable bonds is 6. The van der Waals surface area contributed by atoms with Gasteiger partial charge in [0.15, 0.2) is 16.9 Å². The van der Waals surface area contributed by atoms with Gasteiger partial charge in [-0.1, -0.05) is 13.8 Å². The van der Waals surface area contributed by atoms with E-state index in [4.69, 9.17) is 14.2 Å². The van der Waals surface area contributed by atoms with Crippen LogP contribution in [-0.2, 0) is 17.6 Å². The van der Waals surface area contributed by atoms with Crippen LogP contribution >= 0.6 is 0 Å². The summed E-state index contributed by atoms with van der Waals surface area (Å²) >= 11 is 0. The summed E-state index contributed by atoms with van der Waals surface area (Å²) in [6.45, 7) is 7.69. The van der Waals surface area contributed by atoms with Crippen molar-refractivity contribution >= 4 is 0 Å². The van der Waals surface area contributed by atoms with Gasteiger partial charge in [0.2, 0.25) is 0 Å². The number of pyridine rings is 1. The molecule has 2 aliphatic heterocycles. The lowest BCUT2D eigenvalue weighted by Gasteiger charge is -2.34. The molecule has 1 fully saturated rings. The number of hydrogen-bond donors (Lipinski definition) is 0. The van der Waals surface area contributed by atoms with Gasteiger partial charge in [0, 0.05) is 54.9 Å². The van der Waals surface area contributed by atoms with Crippen LogP contribution in [0.4, 0.5) is 0 Å². The molecular weight excluding hydrogens is 378 g/mol. The zero-order valence-corrected chi connectivity index (χ0v) is 18.4. The molecule has 1 aliphatic carbocycles. The molecule has 160 valence electrons. The molecule has 1 atom stereocenters. The Balaban J connectivity index is 1.57. The molecule has 1 aromatic heterocycles. The van der Waals surface area contributed by atoms with Crippen LogP contribution in [0.25, 0.3) is 11.3 Å². The van der Waals surface area contributed by atoms with E-state index in [1.165, 1.54) is 16.7 Å². The number of nitrogens with zero attached hydrogens (tertiary/aromatic N) is 1. The lowest BCUT2D eigenvalue weighted by atomic mass is 9.84. The van der Waals surface area contributed by atoms with E-state index in [2.05, 4.69) is 24.5 Å². The second-order valence-corrected chi connectivity index (χ2v) is 9.43. The number of aromatic nitrogens is 1. The van der Waals surface area contributed by atoms with Crippen LogP contribution in [0.3, 0.4) is 0 Å². The highest BCUT2D eigenvalue weighted by Gasteiger charge is 2.42. The predicted molar refractivity (Wildman–Crippen MR) is 117 cm³/mol. The van der Waals surface area contributed by atoms with E-state index in [0.29, 0.717) is 25.2 Å². The maximum absolute atomic E-state index is 12.5. The number of ether oxygens (including phenoxy) is 3. The third kappa shape index (κ3) is 3.15. The highest BCUT2D eigenvalue weighted by atomic mass is 16.5. The molecule has 1 unspecified atom stereocenters. The minimum atomic E-state index is 0.0267. The zero-order chi connectivity index (χ0) is 21.0. The third-order valence-corrected chi connectivity index (χ3v) is 7.16. The van der Waals surface area contributed by atoms with Crippen molar-refractivity contribution in [2.45, 2.75) is 64.5 Å². The Labute approximate surface area is 178 Å². The average Bonchev–Trinajstić information content (AvgIpc) is 3.33. The van der Waals surface area contributed by atoms with Crippen molar-refractivity contribution in [3.8, 4) is 22.8 Å². The van der Waals surface area contributed by atoms with Crippen LogP contribution in [0.2, 0.25) is 0 Å². The second kappa shape index (κ2) is 7.16. The third-order valence-electron chi connectivity index (χ3n) is 7.16. The zero-order valence-electron chi connectivity index (χ0n) is 18.4. The molecule has 2 aromatic rings. The van der Waals surface area contributed by atoms with E-state index in [9.17, 15) is 4.79 Å². The Bertz CT molecular complexity index is 1050. The highest BCUT2D eigenvalue weighted by molar-refractivity contribution is 5.76. The molecule has 0 radical (unpaired) electrons. The van der Waals surface area contributed by atoms with Crippen molar-refractivity contribution in [3.63, 3.8) is 0 Å². The molecule has 0 spiro atoms. The van der Waals surface area contributed by atoms with Crippen LogP contribution in [0.1, 0.15) is 55.8 Å². The maximum Gasteiger partial charge on any atom is 0.185 e. The van der Waals surface area contributed by atoms with Crippen molar-refractivity contribution in [1.29, 1.82) is 0 Å². The van der Waals surface area contributed by atoms with Gasteiger partial charge in [-0.15, -0.1) is 0 Å². The molecule has 0 saturated heterocycles. The van der Waals surface area contributed by atoms with E-state index in [0.717, 1.165) is 54.9 Å². The van der Waals surface area contributed by atoms with E-state index in [1.807, 2.05) is 19.2 Å². The summed E-state index contributed by atoms with van der Waals surface area (Å²) in [7, 11) is 1.79. The predicted octanol–water partition coefficient (Wildman–Crippen LogP) is 4.46. The molecule has 0 N–H and O–H groups in total. The number of aryl methyl sites for hydroxylation is 1. The Hall–Kier alpha value is -2.27. The molecular formula is C25H31NO4. The molecule has 1 saturated carbocycles. The van der Waals surface area contributed by atoms with Crippen LogP contribution in [0.5, 0.6) is 11.5 Å². The summed E-state index contributed by atoms with van der Waals surface area (Å²) in [4.78, 5) is 12.5. The van der Waals surface area contributed by atoms with Crippen molar-refractivity contribution < 1.29 is 14.2 Å². The standard InChI is InChI=1S/C25H31NO4/c1-15(2)19-11-17-12-22(29-10-8-25(28-4)6-7-25)24-18(5-9-30-24)23(17)20-13-21(27)16(3)14-26(19)20/h12-15,19H,5-11H2,1-4H3. The lowest BCUT2D eigenvalue weighted by molar-refractivity contribution is 0.0594. The molecule has 5 heteroatoms. The molecule has 3 heterocycles. The average molecular weight is 410 g/mol. The number of benzene rings is 1. The van der Waals surface area contributed by atoms with Gasteiger partial charge < -0.3 is 18.8 Å². The Kier molecular flexibility index (Phi) is 4.69. The Morgan fingerprint density at radius 2 is 2.10 bits per heavy atom. The summed E-state index contributed by atoms with van der Waals surface area (Å²) in [6.07, 6.45) is 6.97. The molecule has 0 bridgehead atoms. The van der Waals surface area contributed by atoms with Crippen molar-refractivity contribution in [2.24, 2.45) is 5.92 Å². The van der Waals surface area contributed by atoms with Gasteiger partial charge in [0.1, 0.15) is 0 Å². The summed E-state index contributed by atoms with van der Waals surface area (Å²) in [6, 6.07) is 4.30. The first-order chi connectivity index (χ1) is 14.4.